The van der Waals surface area contributed by atoms with Crippen LogP contribution in [-0.2, 0) is 0 Å². The third kappa shape index (κ3) is 3.96. The highest BCUT2D eigenvalue weighted by Gasteiger charge is 2.09. The molecule has 1 aromatic carbocycles. The highest BCUT2D eigenvalue weighted by Crippen LogP contribution is 2.29. The fourth-order valence-corrected chi connectivity index (χ4v) is 4.78. The number of rotatable bonds is 5. The van der Waals surface area contributed by atoms with Crippen LogP contribution in [0.3, 0.4) is 0 Å². The number of hydrogen-bond acceptors (Lipinski definition) is 4. The number of hydrogen-bond donors (Lipinski definition) is 0. The van der Waals surface area contributed by atoms with E-state index in [0.717, 1.165) is 5.52 Å². The minimum Gasteiger partial charge on any atom is -0.303 e. The maximum absolute atomic E-state index is 4.68. The number of likely N-dealkylation sites (tertiary alicyclic amines) is 1. The molecule has 0 amide bonds. The molecule has 0 atom stereocenters. The topological polar surface area (TPSA) is 16.1 Å². The fraction of sp³-hybridized carbons (Fsp3) is 0.562. The zero-order valence-corrected chi connectivity index (χ0v) is 13.5. The van der Waals surface area contributed by atoms with Crippen LogP contribution >= 0.6 is 23.1 Å². The standard InChI is InChI=1S/C16H22N2S2/c1-2-6-11-18(10-5-1)12-7-13-19-16-17-14-8-3-4-9-15(14)20-16/h3-4,8-9H,1-2,5-7,10-13H2. The van der Waals surface area contributed by atoms with Crippen LogP contribution in [0.2, 0.25) is 0 Å². The summed E-state index contributed by atoms with van der Waals surface area (Å²) in [5, 5.41) is 0. The van der Waals surface area contributed by atoms with E-state index in [1.54, 1.807) is 0 Å². The van der Waals surface area contributed by atoms with E-state index >= 15 is 0 Å². The molecule has 1 aliphatic rings. The molecule has 1 aliphatic heterocycles. The van der Waals surface area contributed by atoms with Crippen LogP contribution in [0, 0.1) is 0 Å². The Morgan fingerprint density at radius 3 is 2.70 bits per heavy atom. The quantitative estimate of drug-likeness (QED) is 0.590. The number of para-hydroxylation sites is 1. The van der Waals surface area contributed by atoms with Crippen LogP contribution in [0.25, 0.3) is 10.2 Å². The minimum absolute atomic E-state index is 1.15. The molecule has 0 N–H and O–H groups in total. The first-order valence-electron chi connectivity index (χ1n) is 7.62. The van der Waals surface area contributed by atoms with Gasteiger partial charge in [0.25, 0.3) is 0 Å². The summed E-state index contributed by atoms with van der Waals surface area (Å²) in [5.41, 5.74) is 1.15. The van der Waals surface area contributed by atoms with Gasteiger partial charge in [0.15, 0.2) is 4.34 Å². The van der Waals surface area contributed by atoms with Crippen LogP contribution in [-0.4, -0.2) is 35.3 Å². The van der Waals surface area contributed by atoms with Crippen molar-refractivity contribution in [3.05, 3.63) is 24.3 Å². The van der Waals surface area contributed by atoms with E-state index in [-0.39, 0.29) is 0 Å². The lowest BCUT2D eigenvalue weighted by Crippen LogP contribution is -2.26. The van der Waals surface area contributed by atoms with Gasteiger partial charge in [0.1, 0.15) is 0 Å². The van der Waals surface area contributed by atoms with Gasteiger partial charge in [0.2, 0.25) is 0 Å². The van der Waals surface area contributed by atoms with Gasteiger partial charge >= 0.3 is 0 Å². The predicted octanol–water partition coefficient (Wildman–Crippen LogP) is 4.65. The number of thioether (sulfide) groups is 1. The zero-order chi connectivity index (χ0) is 13.6. The molecule has 2 heterocycles. The number of fused-ring (bicyclic) bond motifs is 1. The molecular formula is C16H22N2S2. The van der Waals surface area contributed by atoms with Crippen molar-refractivity contribution in [2.45, 2.75) is 36.4 Å². The summed E-state index contributed by atoms with van der Waals surface area (Å²) in [6, 6.07) is 8.42. The largest absolute Gasteiger partial charge is 0.303 e. The number of thiazole rings is 1. The molecule has 0 radical (unpaired) electrons. The monoisotopic (exact) mass is 306 g/mol. The first-order valence-corrected chi connectivity index (χ1v) is 9.43. The second-order valence-electron chi connectivity index (χ2n) is 5.41. The molecule has 0 unspecified atom stereocenters. The number of aromatic nitrogens is 1. The Morgan fingerprint density at radius 2 is 1.90 bits per heavy atom. The lowest BCUT2D eigenvalue weighted by molar-refractivity contribution is 0.286. The molecule has 0 bridgehead atoms. The smallest absolute Gasteiger partial charge is 0.151 e. The van der Waals surface area contributed by atoms with Crippen molar-refractivity contribution < 1.29 is 0 Å². The van der Waals surface area contributed by atoms with Gasteiger partial charge in [0.05, 0.1) is 10.2 Å². The van der Waals surface area contributed by atoms with Crippen molar-refractivity contribution in [1.29, 1.82) is 0 Å². The Labute approximate surface area is 129 Å². The van der Waals surface area contributed by atoms with Crippen molar-refractivity contribution >= 4 is 33.3 Å². The van der Waals surface area contributed by atoms with Crippen molar-refractivity contribution in [3.8, 4) is 0 Å². The summed E-state index contributed by atoms with van der Waals surface area (Å²) in [6.45, 7) is 3.88. The summed E-state index contributed by atoms with van der Waals surface area (Å²) in [4.78, 5) is 7.32. The molecule has 108 valence electrons. The highest BCUT2D eigenvalue weighted by atomic mass is 32.2. The molecule has 4 heteroatoms. The molecule has 1 saturated heterocycles. The molecule has 0 aliphatic carbocycles. The molecule has 2 nitrogen and oxygen atoms in total. The zero-order valence-electron chi connectivity index (χ0n) is 11.9. The Bertz CT molecular complexity index is 497. The normalized spacial score (nSPS) is 17.4. The van der Waals surface area contributed by atoms with E-state index in [2.05, 4.69) is 34.1 Å². The summed E-state index contributed by atoms with van der Waals surface area (Å²) in [5.74, 6) is 1.19. The van der Waals surface area contributed by atoms with Gasteiger partial charge in [-0.05, 0) is 51.0 Å². The van der Waals surface area contributed by atoms with Crippen molar-refractivity contribution in [2.75, 3.05) is 25.4 Å². The molecule has 1 fully saturated rings. The van der Waals surface area contributed by atoms with E-state index in [0.29, 0.717) is 0 Å². The first kappa shape index (κ1) is 14.4. The Kier molecular flexibility index (Phi) is 5.34. The molecule has 0 saturated carbocycles. The second-order valence-corrected chi connectivity index (χ2v) is 7.78. The first-order chi connectivity index (χ1) is 9.92. The summed E-state index contributed by atoms with van der Waals surface area (Å²) >= 11 is 3.75. The van der Waals surface area contributed by atoms with Gasteiger partial charge in [-0.25, -0.2) is 4.98 Å². The third-order valence-corrected chi connectivity index (χ3v) is 6.08. The summed E-state index contributed by atoms with van der Waals surface area (Å²) in [6.07, 6.45) is 6.92. The average molecular weight is 306 g/mol. The second kappa shape index (κ2) is 7.43. The van der Waals surface area contributed by atoms with Gasteiger partial charge in [-0.15, -0.1) is 11.3 Å². The predicted molar refractivity (Wildman–Crippen MR) is 89.9 cm³/mol. The SMILES string of the molecule is c1ccc2sc(SCCCN3CCCCCC3)nc2c1. The number of nitrogens with zero attached hydrogens (tertiary/aromatic N) is 2. The van der Waals surface area contributed by atoms with Crippen molar-refractivity contribution in [1.82, 2.24) is 9.88 Å². The van der Waals surface area contributed by atoms with Crippen LogP contribution < -0.4 is 0 Å². The van der Waals surface area contributed by atoms with Gasteiger partial charge in [0, 0.05) is 5.75 Å². The van der Waals surface area contributed by atoms with Crippen LogP contribution in [0.4, 0.5) is 0 Å². The van der Waals surface area contributed by atoms with Gasteiger partial charge in [-0.2, -0.15) is 0 Å². The van der Waals surface area contributed by atoms with Gasteiger partial charge in [-0.3, -0.25) is 0 Å². The fourth-order valence-electron chi connectivity index (χ4n) is 2.72. The van der Waals surface area contributed by atoms with Crippen LogP contribution in [0.15, 0.2) is 28.6 Å². The van der Waals surface area contributed by atoms with E-state index in [9.17, 15) is 0 Å². The van der Waals surface area contributed by atoms with E-state index in [4.69, 9.17) is 0 Å². The Hall–Kier alpha value is -0.580. The highest BCUT2D eigenvalue weighted by molar-refractivity contribution is 8.01. The molecule has 20 heavy (non-hydrogen) atoms. The van der Waals surface area contributed by atoms with Gasteiger partial charge in [-0.1, -0.05) is 36.7 Å². The van der Waals surface area contributed by atoms with Gasteiger partial charge < -0.3 is 4.90 Å². The molecule has 3 rings (SSSR count). The van der Waals surface area contributed by atoms with E-state index in [1.807, 2.05) is 23.1 Å². The Morgan fingerprint density at radius 1 is 1.10 bits per heavy atom. The van der Waals surface area contributed by atoms with Crippen LogP contribution in [0.5, 0.6) is 0 Å². The van der Waals surface area contributed by atoms with Crippen LogP contribution in [0.1, 0.15) is 32.1 Å². The lowest BCUT2D eigenvalue weighted by Gasteiger charge is -2.18. The minimum atomic E-state index is 1.15. The lowest BCUT2D eigenvalue weighted by atomic mass is 10.2. The van der Waals surface area contributed by atoms with Crippen molar-refractivity contribution in [2.24, 2.45) is 0 Å². The Balaban J connectivity index is 1.43. The summed E-state index contributed by atoms with van der Waals surface area (Å²) in [7, 11) is 0. The third-order valence-electron chi connectivity index (χ3n) is 3.82. The maximum atomic E-state index is 4.68. The molecule has 1 aromatic heterocycles. The molecule has 0 spiro atoms. The number of benzene rings is 1. The molecule has 2 aromatic rings. The van der Waals surface area contributed by atoms with E-state index < -0.39 is 0 Å². The summed E-state index contributed by atoms with van der Waals surface area (Å²) < 4.78 is 2.53. The maximum Gasteiger partial charge on any atom is 0.151 e. The molecular weight excluding hydrogens is 284 g/mol. The van der Waals surface area contributed by atoms with Crippen molar-refractivity contribution in [3.63, 3.8) is 0 Å². The average Bonchev–Trinajstić information content (AvgIpc) is 2.70. The van der Waals surface area contributed by atoms with E-state index in [1.165, 1.54) is 66.5 Å².